The van der Waals surface area contributed by atoms with Gasteiger partial charge in [-0.3, -0.25) is 14.3 Å². The molecule has 1 fully saturated rings. The van der Waals surface area contributed by atoms with E-state index in [1.54, 1.807) is 0 Å². The van der Waals surface area contributed by atoms with E-state index in [4.69, 9.17) is 9.47 Å². The Bertz CT molecular complexity index is 494. The number of aromatic amines is 1. The Kier molecular flexibility index (Phi) is 3.41. The molecule has 0 aliphatic carbocycles. The minimum absolute atomic E-state index is 0.260. The largest absolute Gasteiger partial charge is 0.390 e. The lowest BCUT2D eigenvalue weighted by Crippen LogP contribution is -2.31. The van der Waals surface area contributed by atoms with Crippen molar-refractivity contribution in [2.24, 2.45) is 0 Å². The summed E-state index contributed by atoms with van der Waals surface area (Å²) in [6.45, 7) is 0.260. The van der Waals surface area contributed by atoms with Gasteiger partial charge in [0.15, 0.2) is 0 Å². The van der Waals surface area contributed by atoms with Crippen molar-refractivity contribution in [3.05, 3.63) is 33.1 Å². The lowest BCUT2D eigenvalue weighted by atomic mass is 10.2. The molecule has 2 heterocycles. The molecule has 2 N–H and O–H groups in total. The molecule has 94 valence electrons. The van der Waals surface area contributed by atoms with Gasteiger partial charge in [0.25, 0.3) is 5.56 Å². The maximum Gasteiger partial charge on any atom is 0.330 e. The summed E-state index contributed by atoms with van der Waals surface area (Å²) >= 11 is 0. The quantitative estimate of drug-likeness (QED) is 0.696. The van der Waals surface area contributed by atoms with Crippen molar-refractivity contribution in [3.8, 4) is 0 Å². The second-order valence-electron chi connectivity index (χ2n) is 3.90. The van der Waals surface area contributed by atoms with Crippen molar-refractivity contribution in [1.29, 1.82) is 0 Å². The van der Waals surface area contributed by atoms with Crippen molar-refractivity contribution in [1.82, 2.24) is 9.55 Å². The summed E-state index contributed by atoms with van der Waals surface area (Å²) in [4.78, 5) is 24.6. The number of aliphatic hydroxyl groups excluding tert-OH is 1. The highest BCUT2D eigenvalue weighted by atomic mass is 16.6. The van der Waals surface area contributed by atoms with Gasteiger partial charge in [0, 0.05) is 25.8 Å². The fraction of sp³-hybridized carbons (Fsp3) is 0.600. The number of nitrogens with zero attached hydrogens (tertiary/aromatic N) is 1. The van der Waals surface area contributed by atoms with Crippen molar-refractivity contribution in [3.63, 3.8) is 0 Å². The first-order valence-electron chi connectivity index (χ1n) is 5.25. The standard InChI is InChI=1S/C10H14N2O5/c1-16-5-7-6(13)4-9(17-7)12-3-2-8(14)11-10(12)15/h2-3,6-7,9,13H,4-5H2,1H3,(H,11,14,15)/t6-,7?,9-/m1/s1. The van der Waals surface area contributed by atoms with E-state index in [1.165, 1.54) is 23.9 Å². The predicted octanol–water partition coefficient (Wildman–Crippen LogP) is -1.17. The third kappa shape index (κ3) is 2.46. The van der Waals surface area contributed by atoms with Crippen molar-refractivity contribution in [2.75, 3.05) is 13.7 Å². The molecule has 0 bridgehead atoms. The molecule has 1 unspecified atom stereocenters. The van der Waals surface area contributed by atoms with E-state index in [2.05, 4.69) is 4.98 Å². The number of methoxy groups -OCH3 is 1. The number of hydrogen-bond acceptors (Lipinski definition) is 5. The third-order valence-corrected chi connectivity index (χ3v) is 2.70. The summed E-state index contributed by atoms with van der Waals surface area (Å²) in [6.07, 6.45) is -0.0645. The lowest BCUT2D eigenvalue weighted by Gasteiger charge is -2.14. The van der Waals surface area contributed by atoms with Gasteiger partial charge in [0.2, 0.25) is 0 Å². The van der Waals surface area contributed by atoms with Crippen molar-refractivity contribution >= 4 is 0 Å². The van der Waals surface area contributed by atoms with E-state index in [0.717, 1.165) is 0 Å². The van der Waals surface area contributed by atoms with Crippen LogP contribution in [-0.2, 0) is 9.47 Å². The molecule has 1 saturated heterocycles. The Labute approximate surface area is 96.6 Å². The maximum absolute atomic E-state index is 11.5. The maximum atomic E-state index is 11.5. The van der Waals surface area contributed by atoms with E-state index in [1.807, 2.05) is 0 Å². The SMILES string of the molecule is COCC1O[C@@H](n2ccc(=O)[nH]c2=O)C[C@H]1O. The Morgan fingerprint density at radius 2 is 2.41 bits per heavy atom. The van der Waals surface area contributed by atoms with Crippen LogP contribution in [0.2, 0.25) is 0 Å². The molecule has 7 heteroatoms. The van der Waals surface area contributed by atoms with E-state index in [9.17, 15) is 14.7 Å². The summed E-state index contributed by atoms with van der Waals surface area (Å²) in [5.74, 6) is 0. The van der Waals surface area contributed by atoms with Crippen LogP contribution in [0.25, 0.3) is 0 Å². The van der Waals surface area contributed by atoms with E-state index in [0.29, 0.717) is 6.42 Å². The Morgan fingerprint density at radius 3 is 3.06 bits per heavy atom. The fourth-order valence-electron chi connectivity index (χ4n) is 1.85. The third-order valence-electron chi connectivity index (χ3n) is 2.70. The number of H-pyrrole nitrogens is 1. The highest BCUT2D eigenvalue weighted by Gasteiger charge is 2.35. The van der Waals surface area contributed by atoms with Gasteiger partial charge < -0.3 is 14.6 Å². The highest BCUT2D eigenvalue weighted by Crippen LogP contribution is 2.27. The molecular weight excluding hydrogens is 228 g/mol. The molecule has 1 aliphatic heterocycles. The normalized spacial score (nSPS) is 28.5. The van der Waals surface area contributed by atoms with Gasteiger partial charge in [0.05, 0.1) is 12.7 Å². The first-order valence-corrected chi connectivity index (χ1v) is 5.25. The molecule has 0 aromatic carbocycles. The lowest BCUT2D eigenvalue weighted by molar-refractivity contribution is -0.0547. The van der Waals surface area contributed by atoms with Gasteiger partial charge in [0.1, 0.15) is 12.3 Å². The monoisotopic (exact) mass is 242 g/mol. The second kappa shape index (κ2) is 4.82. The van der Waals surface area contributed by atoms with Gasteiger partial charge in [-0.2, -0.15) is 0 Å². The molecule has 1 aromatic heterocycles. The van der Waals surface area contributed by atoms with Crippen LogP contribution in [0.3, 0.4) is 0 Å². The zero-order valence-electron chi connectivity index (χ0n) is 9.33. The van der Waals surface area contributed by atoms with Gasteiger partial charge >= 0.3 is 5.69 Å². The van der Waals surface area contributed by atoms with E-state index in [-0.39, 0.29) is 6.61 Å². The fourth-order valence-corrected chi connectivity index (χ4v) is 1.85. The first kappa shape index (κ1) is 12.0. The number of aromatic nitrogens is 2. The molecule has 0 amide bonds. The van der Waals surface area contributed by atoms with Gasteiger partial charge in [-0.25, -0.2) is 4.79 Å². The van der Waals surface area contributed by atoms with E-state index < -0.39 is 29.7 Å². The van der Waals surface area contributed by atoms with Crippen LogP contribution >= 0.6 is 0 Å². The average molecular weight is 242 g/mol. The second-order valence-corrected chi connectivity index (χ2v) is 3.90. The summed E-state index contributed by atoms with van der Waals surface area (Å²) in [7, 11) is 1.51. The molecule has 0 radical (unpaired) electrons. The Hall–Kier alpha value is -1.44. The summed E-state index contributed by atoms with van der Waals surface area (Å²) in [5.41, 5.74) is -1.01. The summed E-state index contributed by atoms with van der Waals surface area (Å²) in [5, 5.41) is 9.70. The molecule has 1 aliphatic rings. The smallest absolute Gasteiger partial charge is 0.330 e. The van der Waals surface area contributed by atoms with Crippen LogP contribution in [0.15, 0.2) is 21.9 Å². The molecule has 2 rings (SSSR count). The van der Waals surface area contributed by atoms with Gasteiger partial charge in [-0.1, -0.05) is 0 Å². The first-order chi connectivity index (χ1) is 8.11. The molecular formula is C10H14N2O5. The molecule has 3 atom stereocenters. The zero-order valence-corrected chi connectivity index (χ0v) is 9.33. The molecule has 0 spiro atoms. The minimum atomic E-state index is -0.682. The summed E-state index contributed by atoms with van der Waals surface area (Å²) < 4.78 is 11.6. The average Bonchev–Trinajstić information content (AvgIpc) is 2.60. The predicted molar refractivity (Wildman–Crippen MR) is 57.7 cm³/mol. The Morgan fingerprint density at radius 1 is 1.65 bits per heavy atom. The molecule has 7 nitrogen and oxygen atoms in total. The number of rotatable bonds is 3. The van der Waals surface area contributed by atoms with Crippen LogP contribution in [0, 0.1) is 0 Å². The summed E-state index contributed by atoms with van der Waals surface area (Å²) in [6, 6.07) is 1.24. The molecule has 1 aromatic rings. The van der Waals surface area contributed by atoms with Crippen LogP contribution in [0.4, 0.5) is 0 Å². The van der Waals surface area contributed by atoms with Gasteiger partial charge in [-0.05, 0) is 0 Å². The molecule has 17 heavy (non-hydrogen) atoms. The minimum Gasteiger partial charge on any atom is -0.390 e. The number of nitrogens with one attached hydrogen (secondary N) is 1. The van der Waals surface area contributed by atoms with Crippen LogP contribution in [0.5, 0.6) is 0 Å². The molecule has 0 saturated carbocycles. The van der Waals surface area contributed by atoms with Crippen molar-refractivity contribution < 1.29 is 14.6 Å². The topological polar surface area (TPSA) is 93.5 Å². The number of aliphatic hydroxyl groups is 1. The van der Waals surface area contributed by atoms with Crippen molar-refractivity contribution in [2.45, 2.75) is 24.9 Å². The number of ether oxygens (including phenoxy) is 2. The Balaban J connectivity index is 2.19. The van der Waals surface area contributed by atoms with Crippen LogP contribution in [-0.4, -0.2) is 40.6 Å². The van der Waals surface area contributed by atoms with E-state index >= 15 is 0 Å². The van der Waals surface area contributed by atoms with Crippen LogP contribution < -0.4 is 11.2 Å². The highest BCUT2D eigenvalue weighted by molar-refractivity contribution is 4.88. The number of hydrogen-bond donors (Lipinski definition) is 2. The van der Waals surface area contributed by atoms with Gasteiger partial charge in [-0.15, -0.1) is 0 Å². The van der Waals surface area contributed by atoms with Crippen LogP contribution in [0.1, 0.15) is 12.6 Å². The zero-order chi connectivity index (χ0) is 12.4.